The van der Waals surface area contributed by atoms with Gasteiger partial charge in [0.25, 0.3) is 0 Å². The molecule has 0 saturated carbocycles. The number of imidazole rings is 1. The fourth-order valence-electron chi connectivity index (χ4n) is 4.34. The number of rotatable bonds is 8. The largest absolute Gasteiger partial charge is 0.391 e. The first-order chi connectivity index (χ1) is 15.5. The quantitative estimate of drug-likeness (QED) is 0.572. The highest BCUT2D eigenvalue weighted by Gasteiger charge is 2.42. The summed E-state index contributed by atoms with van der Waals surface area (Å²) in [6.07, 6.45) is 3.68. The third-order valence-electron chi connectivity index (χ3n) is 6.14. The molecule has 180 valence electrons. The number of β-amino-alcohol motifs (C(OH)–C–C–N with tert-alkyl or cyclic N) is 1. The van der Waals surface area contributed by atoms with Gasteiger partial charge in [0.2, 0.25) is 5.91 Å². The van der Waals surface area contributed by atoms with Crippen molar-refractivity contribution in [3.63, 3.8) is 0 Å². The average Bonchev–Trinajstić information content (AvgIpc) is 3.35. The number of nitrogens with one attached hydrogen (secondary N) is 2. The number of benzene rings is 1. The number of carbonyl (C=O) groups is 1. The van der Waals surface area contributed by atoms with Gasteiger partial charge in [-0.25, -0.2) is 4.98 Å². The first-order valence-electron chi connectivity index (χ1n) is 11.7. The van der Waals surface area contributed by atoms with Gasteiger partial charge in [-0.15, -0.1) is 0 Å². The molecule has 33 heavy (non-hydrogen) atoms. The molecule has 0 radical (unpaired) electrons. The van der Waals surface area contributed by atoms with E-state index in [0.29, 0.717) is 19.5 Å². The van der Waals surface area contributed by atoms with E-state index < -0.39 is 6.10 Å². The number of aliphatic hydroxyl groups is 1. The van der Waals surface area contributed by atoms with E-state index in [1.807, 2.05) is 31.5 Å². The molecule has 1 aliphatic rings. The molecule has 2 aromatic rings. The first kappa shape index (κ1) is 25.0. The van der Waals surface area contributed by atoms with Crippen molar-refractivity contribution in [3.05, 3.63) is 60.3 Å². The molecule has 1 amide bonds. The fourth-order valence-corrected chi connectivity index (χ4v) is 4.34. The van der Waals surface area contributed by atoms with E-state index in [9.17, 15) is 9.90 Å². The van der Waals surface area contributed by atoms with Crippen LogP contribution >= 0.6 is 0 Å². The molecular formula is C26H39N5O2. The maximum Gasteiger partial charge on any atom is 0.240 e. The van der Waals surface area contributed by atoms with E-state index >= 15 is 0 Å². The molecule has 1 saturated heterocycles. The molecule has 3 atom stereocenters. The maximum atomic E-state index is 13.5. The van der Waals surface area contributed by atoms with Crippen molar-refractivity contribution in [2.75, 3.05) is 6.54 Å². The molecule has 7 nitrogen and oxygen atoms in total. The maximum absolute atomic E-state index is 13.5. The molecule has 0 aliphatic carbocycles. The number of aliphatic hydroxyl groups excluding tert-OH is 1. The van der Waals surface area contributed by atoms with Crippen LogP contribution in [-0.4, -0.2) is 56.2 Å². The van der Waals surface area contributed by atoms with E-state index in [2.05, 4.69) is 67.2 Å². The summed E-state index contributed by atoms with van der Waals surface area (Å²) in [5.41, 5.74) is 2.69. The average molecular weight is 454 g/mol. The number of likely N-dealkylation sites (tertiary alicyclic amines) is 1. The Labute approximate surface area is 197 Å². The standard InChI is InChI=1S/C26H39N5O2/c1-17(2)29-24(26(5,6)7)25(33)31-16-22(32)14-23(31)18(3)28-15-20-8-10-21(11-9-20)30-13-12-27-19(30)4/h8-13,17,22-24,28-29,32H,3,14-16H2,1-2,4-7H3/t22-,23+,24-/m1/s1. The van der Waals surface area contributed by atoms with Crippen LogP contribution in [0.15, 0.2) is 48.9 Å². The van der Waals surface area contributed by atoms with Crippen molar-refractivity contribution in [1.29, 1.82) is 0 Å². The number of hydrogen-bond acceptors (Lipinski definition) is 5. The van der Waals surface area contributed by atoms with Crippen LogP contribution in [0, 0.1) is 12.3 Å². The summed E-state index contributed by atoms with van der Waals surface area (Å²) in [6, 6.07) is 7.88. The number of carbonyl (C=O) groups excluding carboxylic acids is 1. The summed E-state index contributed by atoms with van der Waals surface area (Å²) >= 11 is 0. The second-order valence-electron chi connectivity index (χ2n) is 10.4. The lowest BCUT2D eigenvalue weighted by Gasteiger charge is -2.37. The van der Waals surface area contributed by atoms with Crippen molar-refractivity contribution in [1.82, 2.24) is 25.1 Å². The van der Waals surface area contributed by atoms with Gasteiger partial charge in [-0.05, 0) is 30.0 Å². The highest BCUT2D eigenvalue weighted by molar-refractivity contribution is 5.83. The number of aromatic nitrogens is 2. The van der Waals surface area contributed by atoms with Crippen LogP contribution in [0.4, 0.5) is 0 Å². The third-order valence-corrected chi connectivity index (χ3v) is 6.14. The summed E-state index contributed by atoms with van der Waals surface area (Å²) in [6.45, 7) is 17.4. The van der Waals surface area contributed by atoms with Gasteiger partial charge >= 0.3 is 0 Å². The fraction of sp³-hybridized carbons (Fsp3) is 0.538. The predicted octanol–water partition coefficient (Wildman–Crippen LogP) is 3.16. The van der Waals surface area contributed by atoms with Crippen molar-refractivity contribution >= 4 is 5.91 Å². The Bertz CT molecular complexity index is 958. The van der Waals surface area contributed by atoms with E-state index in [-0.39, 0.29) is 29.4 Å². The van der Waals surface area contributed by atoms with E-state index in [1.54, 1.807) is 11.1 Å². The molecule has 3 N–H and O–H groups in total. The lowest BCUT2D eigenvalue weighted by Crippen LogP contribution is -2.56. The molecule has 0 unspecified atom stereocenters. The van der Waals surface area contributed by atoms with Crippen molar-refractivity contribution < 1.29 is 9.90 Å². The van der Waals surface area contributed by atoms with Crippen LogP contribution in [0.25, 0.3) is 5.69 Å². The highest BCUT2D eigenvalue weighted by atomic mass is 16.3. The smallest absolute Gasteiger partial charge is 0.240 e. The van der Waals surface area contributed by atoms with Crippen molar-refractivity contribution in [2.24, 2.45) is 5.41 Å². The van der Waals surface area contributed by atoms with Gasteiger partial charge in [-0.3, -0.25) is 4.79 Å². The topological polar surface area (TPSA) is 82.4 Å². The minimum atomic E-state index is -0.546. The summed E-state index contributed by atoms with van der Waals surface area (Å²) < 4.78 is 2.04. The van der Waals surface area contributed by atoms with E-state index in [4.69, 9.17) is 0 Å². The Balaban J connectivity index is 1.66. The molecule has 1 aromatic carbocycles. The van der Waals surface area contributed by atoms with Gasteiger partial charge in [0.05, 0.1) is 18.2 Å². The minimum absolute atomic E-state index is 0.0146. The van der Waals surface area contributed by atoms with Crippen LogP contribution in [0.5, 0.6) is 0 Å². The number of nitrogens with zero attached hydrogens (tertiary/aromatic N) is 3. The molecule has 3 rings (SSSR count). The van der Waals surface area contributed by atoms with Crippen LogP contribution in [0.3, 0.4) is 0 Å². The number of amides is 1. The van der Waals surface area contributed by atoms with Gasteiger partial charge in [0.1, 0.15) is 5.82 Å². The summed E-state index contributed by atoms with van der Waals surface area (Å²) in [7, 11) is 0. The number of hydrogen-bond donors (Lipinski definition) is 3. The van der Waals surface area contributed by atoms with Gasteiger partial charge < -0.3 is 25.2 Å². The normalized spacial score (nSPS) is 19.7. The summed E-state index contributed by atoms with van der Waals surface area (Å²) in [4.78, 5) is 19.6. The summed E-state index contributed by atoms with van der Waals surface area (Å²) in [5, 5.41) is 17.2. The van der Waals surface area contributed by atoms with Crippen molar-refractivity contribution in [3.8, 4) is 5.69 Å². The van der Waals surface area contributed by atoms with Crippen LogP contribution in [0.2, 0.25) is 0 Å². The van der Waals surface area contributed by atoms with E-state index in [0.717, 1.165) is 22.8 Å². The monoisotopic (exact) mass is 453 g/mol. The van der Waals surface area contributed by atoms with Gasteiger partial charge in [-0.1, -0.05) is 53.3 Å². The molecule has 1 aliphatic heterocycles. The molecule has 2 heterocycles. The van der Waals surface area contributed by atoms with Gasteiger partial charge in [0.15, 0.2) is 0 Å². The summed E-state index contributed by atoms with van der Waals surface area (Å²) in [5.74, 6) is 0.958. The lowest BCUT2D eigenvalue weighted by atomic mass is 9.85. The number of aryl methyl sites for hydroxylation is 1. The predicted molar refractivity (Wildman–Crippen MR) is 132 cm³/mol. The zero-order valence-electron chi connectivity index (χ0n) is 20.8. The Morgan fingerprint density at radius 3 is 2.48 bits per heavy atom. The van der Waals surface area contributed by atoms with Gasteiger partial charge in [-0.2, -0.15) is 0 Å². The highest BCUT2D eigenvalue weighted by Crippen LogP contribution is 2.28. The molecule has 1 fully saturated rings. The molecular weight excluding hydrogens is 414 g/mol. The molecule has 0 bridgehead atoms. The molecule has 1 aromatic heterocycles. The Morgan fingerprint density at radius 2 is 1.94 bits per heavy atom. The Morgan fingerprint density at radius 1 is 1.27 bits per heavy atom. The van der Waals surface area contributed by atoms with E-state index in [1.165, 1.54) is 0 Å². The van der Waals surface area contributed by atoms with Crippen molar-refractivity contribution in [2.45, 2.75) is 78.7 Å². The molecule has 7 heteroatoms. The first-order valence-corrected chi connectivity index (χ1v) is 11.7. The zero-order valence-corrected chi connectivity index (χ0v) is 20.8. The zero-order chi connectivity index (χ0) is 24.3. The van der Waals surface area contributed by atoms with Crippen LogP contribution < -0.4 is 10.6 Å². The second kappa shape index (κ2) is 10.1. The lowest BCUT2D eigenvalue weighted by molar-refractivity contribution is -0.137. The minimum Gasteiger partial charge on any atom is -0.391 e. The van der Waals surface area contributed by atoms with Gasteiger partial charge in [0, 0.05) is 49.3 Å². The third kappa shape index (κ3) is 6.03. The SMILES string of the molecule is C=C(NCc1ccc(-n2ccnc2C)cc1)[C@@H]1C[C@@H](O)CN1C(=O)[C@@H](NC(C)C)C(C)(C)C. The van der Waals surface area contributed by atoms with Crippen LogP contribution in [0.1, 0.15) is 52.4 Å². The Kier molecular flexibility index (Phi) is 7.65. The van der Waals surface area contributed by atoms with Crippen LogP contribution in [-0.2, 0) is 11.3 Å². The Hall–Kier alpha value is -2.64. The second-order valence-corrected chi connectivity index (χ2v) is 10.4. The molecule has 0 spiro atoms.